The molecule has 1 aliphatic heterocycles. The van der Waals surface area contributed by atoms with Crippen LogP contribution in [0.1, 0.15) is 24.8 Å². The first kappa shape index (κ1) is 14.2. The summed E-state index contributed by atoms with van der Waals surface area (Å²) in [6, 6.07) is 7.11. The molecule has 5 rings (SSSR count). The van der Waals surface area contributed by atoms with Gasteiger partial charge in [0.25, 0.3) is 0 Å². The molecule has 4 aliphatic rings. The zero-order valence-electron chi connectivity index (χ0n) is 13.2. The molecule has 0 N–H and O–H groups in total. The van der Waals surface area contributed by atoms with Gasteiger partial charge in [-0.15, -0.1) is 0 Å². The first-order valence-corrected chi connectivity index (χ1v) is 9.98. The molecule has 23 heavy (non-hydrogen) atoms. The van der Waals surface area contributed by atoms with Crippen molar-refractivity contribution in [3.8, 4) is 0 Å². The first-order chi connectivity index (χ1) is 10.9. The molecule has 5 heteroatoms. The zero-order valence-corrected chi connectivity index (χ0v) is 14.1. The summed E-state index contributed by atoms with van der Waals surface area (Å²) in [7, 11) is -3.41. The van der Waals surface area contributed by atoms with Gasteiger partial charge in [-0.05, 0) is 55.1 Å². The number of Topliss-reactive ketones (excluding diaryl/α,β-unsaturated/α-hetero) is 1. The molecular formula is C18H21NO3S. The molecule has 1 heterocycles. The van der Waals surface area contributed by atoms with Crippen LogP contribution in [-0.2, 0) is 14.8 Å². The van der Waals surface area contributed by atoms with Gasteiger partial charge in [0.2, 0.25) is 10.0 Å². The molecule has 4 nitrogen and oxygen atoms in total. The smallest absolute Gasteiger partial charge is 0.243 e. The van der Waals surface area contributed by atoms with Crippen LogP contribution < -0.4 is 0 Å². The number of ketones is 1. The molecule has 1 saturated heterocycles. The van der Waals surface area contributed by atoms with Gasteiger partial charge in [0.15, 0.2) is 0 Å². The van der Waals surface area contributed by atoms with Crippen molar-refractivity contribution in [2.75, 3.05) is 13.1 Å². The Hall–Kier alpha value is -1.20. The number of benzene rings is 1. The predicted molar refractivity (Wildman–Crippen MR) is 85.2 cm³/mol. The standard InChI is InChI=1S/C18H21NO3S/c1-11-2-4-14(5-3-11)23(21,22)19-7-6-18-13(10-19)8-12-9-15(20)17(18)16(12)18/h2-5,12-13,16-17H,6-10H2,1H3/t12-,13-,16?,17?,18?/m1/s1. The quantitative estimate of drug-likeness (QED) is 0.835. The van der Waals surface area contributed by atoms with Crippen molar-refractivity contribution in [2.24, 2.45) is 29.1 Å². The van der Waals surface area contributed by atoms with Crippen molar-refractivity contribution in [1.82, 2.24) is 4.31 Å². The summed E-state index contributed by atoms with van der Waals surface area (Å²) in [5, 5.41) is 0. The van der Waals surface area contributed by atoms with E-state index in [1.54, 1.807) is 16.4 Å². The maximum atomic E-state index is 12.9. The minimum Gasteiger partial charge on any atom is -0.299 e. The van der Waals surface area contributed by atoms with E-state index in [2.05, 4.69) is 0 Å². The van der Waals surface area contributed by atoms with Crippen molar-refractivity contribution >= 4 is 15.8 Å². The lowest BCUT2D eigenvalue weighted by Gasteiger charge is -2.37. The summed E-state index contributed by atoms with van der Waals surface area (Å²) in [6.07, 6.45) is 2.67. The molecular weight excluding hydrogens is 310 g/mol. The maximum absolute atomic E-state index is 12.9. The van der Waals surface area contributed by atoms with E-state index >= 15 is 0 Å². The van der Waals surface area contributed by atoms with Crippen LogP contribution in [0, 0.1) is 36.0 Å². The minimum atomic E-state index is -3.41. The third kappa shape index (κ3) is 1.65. The van der Waals surface area contributed by atoms with E-state index in [1.807, 2.05) is 19.1 Å². The van der Waals surface area contributed by atoms with Crippen molar-refractivity contribution < 1.29 is 13.2 Å². The zero-order chi connectivity index (χ0) is 16.0. The first-order valence-electron chi connectivity index (χ1n) is 8.54. The van der Waals surface area contributed by atoms with Crippen LogP contribution in [0.15, 0.2) is 29.2 Å². The van der Waals surface area contributed by atoms with Crippen LogP contribution in [0.25, 0.3) is 0 Å². The summed E-state index contributed by atoms with van der Waals surface area (Å²) < 4.78 is 27.5. The molecule has 3 aliphatic carbocycles. The number of carbonyl (C=O) groups excluding carboxylic acids is 1. The molecule has 1 aromatic rings. The Bertz CT molecular complexity index is 800. The fraction of sp³-hybridized carbons (Fsp3) is 0.611. The highest BCUT2D eigenvalue weighted by molar-refractivity contribution is 7.89. The SMILES string of the molecule is Cc1ccc(S(=O)(=O)N2CCC34C5C(=O)C[C@@H](C[C@@H]3C2)C54)cc1. The Morgan fingerprint density at radius 1 is 1.22 bits per heavy atom. The summed E-state index contributed by atoms with van der Waals surface area (Å²) >= 11 is 0. The van der Waals surface area contributed by atoms with Gasteiger partial charge in [-0.25, -0.2) is 8.42 Å². The van der Waals surface area contributed by atoms with Crippen LogP contribution in [0.2, 0.25) is 0 Å². The average molecular weight is 331 g/mol. The Labute approximate surface area is 136 Å². The number of nitrogens with zero attached hydrogens (tertiary/aromatic N) is 1. The van der Waals surface area contributed by atoms with Crippen LogP contribution >= 0.6 is 0 Å². The fourth-order valence-corrected chi connectivity index (χ4v) is 7.54. The van der Waals surface area contributed by atoms with E-state index in [4.69, 9.17) is 0 Å². The van der Waals surface area contributed by atoms with E-state index in [1.165, 1.54) is 0 Å². The molecule has 0 radical (unpaired) electrons. The second kappa shape index (κ2) is 4.25. The van der Waals surface area contributed by atoms with Gasteiger partial charge >= 0.3 is 0 Å². The molecule has 5 atom stereocenters. The van der Waals surface area contributed by atoms with Gasteiger partial charge in [-0.1, -0.05) is 17.7 Å². The van der Waals surface area contributed by atoms with Crippen molar-refractivity contribution in [3.05, 3.63) is 29.8 Å². The highest BCUT2D eigenvalue weighted by atomic mass is 32.2. The van der Waals surface area contributed by atoms with Crippen molar-refractivity contribution in [2.45, 2.75) is 31.1 Å². The topological polar surface area (TPSA) is 54.5 Å². The largest absolute Gasteiger partial charge is 0.299 e. The number of hydrogen-bond acceptors (Lipinski definition) is 3. The van der Waals surface area contributed by atoms with Gasteiger partial charge < -0.3 is 0 Å². The van der Waals surface area contributed by atoms with E-state index in [0.29, 0.717) is 41.5 Å². The minimum absolute atomic E-state index is 0.180. The van der Waals surface area contributed by atoms with E-state index < -0.39 is 10.0 Å². The monoisotopic (exact) mass is 331 g/mol. The van der Waals surface area contributed by atoms with Gasteiger partial charge in [0.1, 0.15) is 5.78 Å². The second-order valence-corrected chi connectivity index (χ2v) is 9.84. The Kier molecular flexibility index (Phi) is 2.62. The molecule has 3 unspecified atom stereocenters. The third-order valence-corrected chi connectivity index (χ3v) is 8.87. The Morgan fingerprint density at radius 2 is 1.96 bits per heavy atom. The van der Waals surface area contributed by atoms with Gasteiger partial charge in [-0.2, -0.15) is 4.31 Å². The number of sulfonamides is 1. The third-order valence-electron chi connectivity index (χ3n) is 6.99. The lowest BCUT2D eigenvalue weighted by atomic mass is 9.82. The summed E-state index contributed by atoms with van der Waals surface area (Å²) in [5.74, 6) is 2.25. The Morgan fingerprint density at radius 3 is 2.65 bits per heavy atom. The Balaban J connectivity index is 1.43. The number of aryl methyl sites for hydroxylation is 1. The fourth-order valence-electron chi connectivity index (χ4n) is 6.06. The van der Waals surface area contributed by atoms with Crippen LogP contribution in [0.4, 0.5) is 0 Å². The lowest BCUT2D eigenvalue weighted by molar-refractivity contribution is -0.120. The average Bonchev–Trinajstić information content (AvgIpc) is 2.95. The number of carbonyl (C=O) groups is 1. The second-order valence-electron chi connectivity index (χ2n) is 7.91. The summed E-state index contributed by atoms with van der Waals surface area (Å²) in [5.41, 5.74) is 1.24. The van der Waals surface area contributed by atoms with Crippen LogP contribution in [0.3, 0.4) is 0 Å². The van der Waals surface area contributed by atoms with E-state index in [9.17, 15) is 13.2 Å². The summed E-state index contributed by atoms with van der Waals surface area (Å²) in [4.78, 5) is 12.5. The number of hydrogen-bond donors (Lipinski definition) is 0. The van der Waals surface area contributed by atoms with Gasteiger partial charge in [0.05, 0.1) is 4.90 Å². The van der Waals surface area contributed by atoms with Crippen LogP contribution in [-0.4, -0.2) is 31.6 Å². The predicted octanol–water partition coefficient (Wildman–Crippen LogP) is 2.23. The van der Waals surface area contributed by atoms with Crippen LogP contribution in [0.5, 0.6) is 0 Å². The highest BCUT2D eigenvalue weighted by Crippen LogP contribution is 2.80. The lowest BCUT2D eigenvalue weighted by Crippen LogP contribution is -2.44. The number of piperidine rings is 1. The summed E-state index contributed by atoms with van der Waals surface area (Å²) in [6.45, 7) is 3.13. The molecule has 0 bridgehead atoms. The molecule has 0 amide bonds. The molecule has 3 saturated carbocycles. The van der Waals surface area contributed by atoms with Crippen molar-refractivity contribution in [3.63, 3.8) is 0 Å². The van der Waals surface area contributed by atoms with E-state index in [-0.39, 0.29) is 11.3 Å². The van der Waals surface area contributed by atoms with Gasteiger partial charge in [-0.3, -0.25) is 4.79 Å². The van der Waals surface area contributed by atoms with E-state index in [0.717, 1.165) is 24.8 Å². The molecule has 0 aromatic heterocycles. The number of rotatable bonds is 2. The molecule has 4 fully saturated rings. The van der Waals surface area contributed by atoms with Crippen molar-refractivity contribution in [1.29, 1.82) is 0 Å². The molecule has 1 spiro atoms. The molecule has 1 aromatic carbocycles. The van der Waals surface area contributed by atoms with Gasteiger partial charge in [0, 0.05) is 25.4 Å². The maximum Gasteiger partial charge on any atom is 0.243 e. The molecule has 122 valence electrons. The normalized spacial score (nSPS) is 41.7. The highest BCUT2D eigenvalue weighted by Gasteiger charge is 2.80.